The molecule has 0 fully saturated rings. The van der Waals surface area contributed by atoms with Crippen LogP contribution in [-0.4, -0.2) is 24.0 Å². The Hall–Kier alpha value is -2.83. The number of amides is 1. The molecular formula is C21H22F3NO3. The topological polar surface area (TPSA) is 46.6 Å². The lowest BCUT2D eigenvalue weighted by atomic mass is 10.0. The molecule has 0 aliphatic rings. The maximum atomic E-state index is 14.1. The highest BCUT2D eigenvalue weighted by molar-refractivity contribution is 6.08. The fraction of sp³-hybridized carbons (Fsp3) is 0.333. The number of nitrogens with zero attached hydrogens (tertiary/aromatic N) is 1. The number of benzene rings is 2. The minimum absolute atomic E-state index is 0.0145. The predicted molar refractivity (Wildman–Crippen MR) is 99.5 cm³/mol. The fourth-order valence-corrected chi connectivity index (χ4v) is 2.59. The van der Waals surface area contributed by atoms with Crippen molar-refractivity contribution >= 4 is 17.6 Å². The Labute approximate surface area is 161 Å². The predicted octanol–water partition coefficient (Wildman–Crippen LogP) is 4.87. The summed E-state index contributed by atoms with van der Waals surface area (Å²) in [6.07, 6.45) is 1.09. The zero-order valence-electron chi connectivity index (χ0n) is 16.0. The smallest absolute Gasteiger partial charge is 0.326 e. The number of halogens is 3. The molecule has 0 radical (unpaired) electrons. The second-order valence-corrected chi connectivity index (χ2v) is 6.60. The van der Waals surface area contributed by atoms with Crippen molar-refractivity contribution < 1.29 is 27.5 Å². The van der Waals surface area contributed by atoms with Gasteiger partial charge in [0.05, 0.1) is 0 Å². The minimum atomic E-state index is -1.10. The molecule has 2 aromatic carbocycles. The second kappa shape index (κ2) is 8.91. The number of carbonyl (C=O) groups excluding carboxylic acids is 2. The Morgan fingerprint density at radius 3 is 2.11 bits per heavy atom. The summed E-state index contributed by atoms with van der Waals surface area (Å²) in [7, 11) is 0. The first-order valence-corrected chi connectivity index (χ1v) is 8.94. The average Bonchev–Trinajstić information content (AvgIpc) is 2.65. The molecule has 0 saturated heterocycles. The van der Waals surface area contributed by atoms with Gasteiger partial charge in [-0.25, -0.2) is 13.2 Å². The molecule has 7 heteroatoms. The largest absolute Gasteiger partial charge is 0.458 e. The average molecular weight is 393 g/mol. The van der Waals surface area contributed by atoms with E-state index in [0.29, 0.717) is 12.8 Å². The van der Waals surface area contributed by atoms with Crippen molar-refractivity contribution in [1.82, 2.24) is 0 Å². The van der Waals surface area contributed by atoms with Crippen molar-refractivity contribution in [2.45, 2.75) is 39.2 Å². The zero-order chi connectivity index (χ0) is 20.9. The summed E-state index contributed by atoms with van der Waals surface area (Å²) >= 11 is 0. The van der Waals surface area contributed by atoms with Crippen LogP contribution in [0.15, 0.2) is 42.5 Å². The summed E-state index contributed by atoms with van der Waals surface area (Å²) in [4.78, 5) is 26.1. The molecule has 2 aromatic rings. The number of carbonyl (C=O) groups is 2. The van der Waals surface area contributed by atoms with Crippen molar-refractivity contribution in [3.63, 3.8) is 0 Å². The van der Waals surface area contributed by atoms with Gasteiger partial charge < -0.3 is 4.74 Å². The zero-order valence-corrected chi connectivity index (χ0v) is 16.0. The summed E-state index contributed by atoms with van der Waals surface area (Å²) < 4.78 is 47.3. The monoisotopic (exact) mass is 393 g/mol. The van der Waals surface area contributed by atoms with Crippen molar-refractivity contribution in [2.24, 2.45) is 0 Å². The number of hydrogen-bond acceptors (Lipinski definition) is 3. The number of esters is 1. The van der Waals surface area contributed by atoms with Gasteiger partial charge in [0.25, 0.3) is 5.91 Å². The van der Waals surface area contributed by atoms with Crippen molar-refractivity contribution in [2.75, 3.05) is 11.4 Å². The van der Waals surface area contributed by atoms with E-state index in [1.165, 1.54) is 12.1 Å². The van der Waals surface area contributed by atoms with Crippen molar-refractivity contribution in [3.8, 4) is 0 Å². The van der Waals surface area contributed by atoms with E-state index in [9.17, 15) is 22.8 Å². The lowest BCUT2D eigenvalue weighted by Crippen LogP contribution is -2.41. The van der Waals surface area contributed by atoms with Crippen molar-refractivity contribution in [3.05, 3.63) is 65.5 Å². The maximum Gasteiger partial charge on any atom is 0.326 e. The Balaban J connectivity index is 2.41. The SMILES string of the molecule is CCC(C)(CC)OC(=O)CN(C(=O)c1c(F)cccc1F)c1cccc(F)c1. The summed E-state index contributed by atoms with van der Waals surface area (Å²) in [5.74, 6) is -4.68. The van der Waals surface area contributed by atoms with Crippen LogP contribution in [0.5, 0.6) is 0 Å². The molecule has 0 bridgehead atoms. The molecule has 0 aliphatic heterocycles. The van der Waals surface area contributed by atoms with Crippen molar-refractivity contribution in [1.29, 1.82) is 0 Å². The molecule has 0 heterocycles. The summed E-state index contributed by atoms with van der Waals surface area (Å²) in [5.41, 5.74) is -1.58. The molecule has 0 unspecified atom stereocenters. The highest BCUT2D eigenvalue weighted by Gasteiger charge is 2.30. The quantitative estimate of drug-likeness (QED) is 0.631. The molecule has 28 heavy (non-hydrogen) atoms. The fourth-order valence-electron chi connectivity index (χ4n) is 2.59. The number of anilines is 1. The molecular weight excluding hydrogens is 371 g/mol. The van der Waals surface area contributed by atoms with E-state index >= 15 is 0 Å². The highest BCUT2D eigenvalue weighted by atomic mass is 19.1. The standard InChI is InChI=1S/C21H22F3NO3/c1-4-21(3,5-2)28-18(26)13-25(15-9-6-8-14(22)12-15)20(27)19-16(23)10-7-11-17(19)24/h6-12H,4-5,13H2,1-3H3. The van der Waals surface area contributed by atoms with Crippen LogP contribution in [0.1, 0.15) is 44.0 Å². The van der Waals surface area contributed by atoms with E-state index in [2.05, 4.69) is 0 Å². The van der Waals surface area contributed by atoms with E-state index in [1.807, 2.05) is 13.8 Å². The molecule has 150 valence electrons. The van der Waals surface area contributed by atoms with Crippen LogP contribution < -0.4 is 4.90 Å². The van der Waals surface area contributed by atoms with E-state index in [1.54, 1.807) is 6.92 Å². The summed E-state index contributed by atoms with van der Waals surface area (Å²) in [5, 5.41) is 0. The maximum absolute atomic E-state index is 14.1. The van der Waals surface area contributed by atoms with E-state index in [-0.39, 0.29) is 5.69 Å². The molecule has 4 nitrogen and oxygen atoms in total. The van der Waals surface area contributed by atoms with Gasteiger partial charge in [0.2, 0.25) is 0 Å². The Morgan fingerprint density at radius 2 is 1.57 bits per heavy atom. The van der Waals surface area contributed by atoms with E-state index in [0.717, 1.165) is 35.2 Å². The third-order valence-electron chi connectivity index (χ3n) is 4.68. The highest BCUT2D eigenvalue weighted by Crippen LogP contribution is 2.24. The van der Waals surface area contributed by atoms with Gasteiger partial charge in [-0.2, -0.15) is 0 Å². The molecule has 0 aliphatic carbocycles. The first-order valence-electron chi connectivity index (χ1n) is 8.94. The second-order valence-electron chi connectivity index (χ2n) is 6.60. The van der Waals surface area contributed by atoms with Gasteiger partial charge in [-0.3, -0.25) is 14.5 Å². The van der Waals surface area contributed by atoms with Gasteiger partial charge >= 0.3 is 5.97 Å². The number of rotatable bonds is 7. The number of ether oxygens (including phenoxy) is 1. The van der Waals surface area contributed by atoms with Gasteiger partial charge in [0.15, 0.2) is 0 Å². The Morgan fingerprint density at radius 1 is 1.00 bits per heavy atom. The lowest BCUT2D eigenvalue weighted by molar-refractivity contribution is -0.156. The van der Waals surface area contributed by atoms with E-state index < -0.39 is 47.0 Å². The third kappa shape index (κ3) is 4.91. The Kier molecular flexibility index (Phi) is 6.83. The first kappa shape index (κ1) is 21.5. The molecule has 0 spiro atoms. The minimum Gasteiger partial charge on any atom is -0.458 e. The van der Waals surface area contributed by atoms with Gasteiger partial charge in [-0.1, -0.05) is 26.0 Å². The van der Waals surface area contributed by atoms with Crippen LogP contribution in [-0.2, 0) is 9.53 Å². The van der Waals surface area contributed by atoms with Crippen LogP contribution in [0, 0.1) is 17.5 Å². The van der Waals surface area contributed by atoms with Crippen LogP contribution in [0.4, 0.5) is 18.9 Å². The van der Waals surface area contributed by atoms with E-state index in [4.69, 9.17) is 4.74 Å². The summed E-state index contributed by atoms with van der Waals surface area (Å²) in [6.45, 7) is 4.82. The van der Waals surface area contributed by atoms with Gasteiger partial charge in [0, 0.05) is 5.69 Å². The van der Waals surface area contributed by atoms with Crippen LogP contribution in [0.2, 0.25) is 0 Å². The molecule has 0 saturated carbocycles. The third-order valence-corrected chi connectivity index (χ3v) is 4.68. The molecule has 0 N–H and O–H groups in total. The molecule has 0 atom stereocenters. The molecule has 2 rings (SSSR count). The lowest BCUT2D eigenvalue weighted by Gasteiger charge is -2.29. The van der Waals surface area contributed by atoms with Gasteiger partial charge in [-0.15, -0.1) is 0 Å². The number of hydrogen-bond donors (Lipinski definition) is 0. The van der Waals surface area contributed by atoms with Crippen LogP contribution in [0.25, 0.3) is 0 Å². The Bertz CT molecular complexity index is 845. The first-order chi connectivity index (χ1) is 13.2. The summed E-state index contributed by atoms with van der Waals surface area (Å²) in [6, 6.07) is 7.84. The molecule has 1 amide bonds. The van der Waals surface area contributed by atoms with Crippen LogP contribution in [0.3, 0.4) is 0 Å². The normalized spacial score (nSPS) is 11.2. The molecule has 0 aromatic heterocycles. The van der Waals surface area contributed by atoms with Gasteiger partial charge in [0.1, 0.15) is 35.2 Å². The van der Waals surface area contributed by atoms with Gasteiger partial charge in [-0.05, 0) is 50.1 Å². The van der Waals surface area contributed by atoms with Crippen LogP contribution >= 0.6 is 0 Å².